The third-order valence-corrected chi connectivity index (χ3v) is 3.46. The topological polar surface area (TPSA) is 196 Å². The molecule has 1 rings (SSSR count). The molecule has 8 N–H and O–H groups in total. The van der Waals surface area contributed by atoms with Gasteiger partial charge in [0, 0.05) is 0 Å². The maximum Gasteiger partial charge on any atom is 0.346 e. The Bertz CT molecular complexity index is 670. The number of carboxylic acids is 1. The van der Waals surface area contributed by atoms with Crippen LogP contribution < -0.4 is 0 Å². The van der Waals surface area contributed by atoms with E-state index in [0.29, 0.717) is 6.08 Å². The van der Waals surface area contributed by atoms with Crippen molar-refractivity contribution in [3.63, 3.8) is 0 Å². The average molecular weight is 358 g/mol. The van der Waals surface area contributed by atoms with E-state index in [0.717, 1.165) is 18.2 Å². The van der Waals surface area contributed by atoms with Gasteiger partial charge in [-0.25, -0.2) is 4.79 Å². The summed E-state index contributed by atoms with van der Waals surface area (Å²) >= 11 is 0. The molecule has 0 spiro atoms. The fourth-order valence-corrected chi connectivity index (χ4v) is 1.89. The Kier molecular flexibility index (Phi) is 6.62. The molecule has 0 radical (unpaired) electrons. The molecule has 0 saturated carbocycles. The second-order valence-electron chi connectivity index (χ2n) is 5.20. The normalized spacial score (nSPS) is 17.6. The predicted octanol–water partition coefficient (Wildman–Crippen LogP) is -2.43. The summed E-state index contributed by atoms with van der Waals surface area (Å²) in [4.78, 5) is 23.3. The van der Waals surface area contributed by atoms with E-state index in [-0.39, 0.29) is 5.56 Å². The van der Waals surface area contributed by atoms with Crippen molar-refractivity contribution in [1.82, 2.24) is 0 Å². The predicted molar refractivity (Wildman–Crippen MR) is 81.5 cm³/mol. The molecule has 0 aliphatic carbocycles. The fraction of sp³-hybridized carbons (Fsp3) is 0.333. The zero-order chi connectivity index (χ0) is 19.4. The van der Waals surface area contributed by atoms with Gasteiger partial charge in [0.2, 0.25) is 5.78 Å². The first-order valence-electron chi connectivity index (χ1n) is 6.91. The van der Waals surface area contributed by atoms with Crippen LogP contribution in [0.3, 0.4) is 0 Å². The molecule has 0 aromatic heterocycles. The van der Waals surface area contributed by atoms with E-state index in [9.17, 15) is 35.1 Å². The second kappa shape index (κ2) is 8.05. The monoisotopic (exact) mass is 358 g/mol. The molecule has 0 fully saturated rings. The summed E-state index contributed by atoms with van der Waals surface area (Å²) in [5.41, 5.74) is -3.34. The van der Waals surface area contributed by atoms with Crippen LogP contribution in [0, 0.1) is 0 Å². The molecular weight excluding hydrogens is 340 g/mol. The largest absolute Gasteiger partial charge is 0.504 e. The van der Waals surface area contributed by atoms with Gasteiger partial charge < -0.3 is 40.9 Å². The first kappa shape index (κ1) is 20.5. The van der Waals surface area contributed by atoms with Crippen LogP contribution in [0.4, 0.5) is 0 Å². The van der Waals surface area contributed by atoms with Gasteiger partial charge >= 0.3 is 5.97 Å². The second-order valence-corrected chi connectivity index (χ2v) is 5.20. The third kappa shape index (κ3) is 4.32. The van der Waals surface area contributed by atoms with Crippen LogP contribution in [0.5, 0.6) is 11.5 Å². The van der Waals surface area contributed by atoms with Gasteiger partial charge in [-0.05, 0) is 23.8 Å². The minimum Gasteiger partial charge on any atom is -0.504 e. The molecule has 4 atom stereocenters. The van der Waals surface area contributed by atoms with E-state index in [1.807, 2.05) is 0 Å². The number of phenolic OH excluding ortho intramolecular Hbond substituents is 2. The Morgan fingerprint density at radius 2 is 1.72 bits per heavy atom. The van der Waals surface area contributed by atoms with E-state index >= 15 is 0 Å². The van der Waals surface area contributed by atoms with Crippen molar-refractivity contribution >= 4 is 17.8 Å². The number of hydrogen-bond donors (Lipinski definition) is 8. The molecule has 0 amide bonds. The van der Waals surface area contributed by atoms with Crippen molar-refractivity contribution in [2.75, 3.05) is 6.61 Å². The van der Waals surface area contributed by atoms with Crippen LogP contribution >= 0.6 is 0 Å². The highest BCUT2D eigenvalue weighted by molar-refractivity contribution is 6.13. The van der Waals surface area contributed by atoms with Crippen LogP contribution in [-0.2, 0) is 9.59 Å². The first-order valence-corrected chi connectivity index (χ1v) is 6.91. The van der Waals surface area contributed by atoms with Crippen LogP contribution in [0.2, 0.25) is 0 Å². The number of rotatable bonds is 8. The van der Waals surface area contributed by atoms with Gasteiger partial charge in [-0.2, -0.15) is 0 Å². The Hall–Kier alpha value is -2.50. The average Bonchev–Trinajstić information content (AvgIpc) is 2.59. The summed E-state index contributed by atoms with van der Waals surface area (Å²) < 4.78 is 0. The van der Waals surface area contributed by atoms with Gasteiger partial charge in [0.15, 0.2) is 11.5 Å². The number of aromatic hydroxyl groups is 2. The summed E-state index contributed by atoms with van der Waals surface area (Å²) in [6, 6.07) is 3.40. The molecule has 0 aliphatic rings. The van der Waals surface area contributed by atoms with Gasteiger partial charge in [0.1, 0.15) is 18.3 Å². The maximum atomic E-state index is 12.0. The first-order chi connectivity index (χ1) is 11.5. The van der Waals surface area contributed by atoms with Crippen LogP contribution in [0.1, 0.15) is 5.56 Å². The molecule has 0 heterocycles. The van der Waals surface area contributed by atoms with Gasteiger partial charge in [-0.15, -0.1) is 0 Å². The highest BCUT2D eigenvalue weighted by atomic mass is 16.4. The lowest BCUT2D eigenvalue weighted by molar-refractivity contribution is -0.191. The minimum atomic E-state index is -3.50. The highest BCUT2D eigenvalue weighted by Crippen LogP contribution is 2.26. The van der Waals surface area contributed by atoms with Crippen molar-refractivity contribution in [3.8, 4) is 11.5 Å². The van der Waals surface area contributed by atoms with Crippen molar-refractivity contribution in [3.05, 3.63) is 29.8 Å². The number of aliphatic hydroxyl groups is 5. The van der Waals surface area contributed by atoms with Crippen molar-refractivity contribution in [2.45, 2.75) is 23.9 Å². The number of carbonyl (C=O) groups is 2. The molecule has 0 unspecified atom stereocenters. The lowest BCUT2D eigenvalue weighted by Crippen LogP contribution is -2.62. The van der Waals surface area contributed by atoms with E-state index < -0.39 is 53.8 Å². The van der Waals surface area contributed by atoms with Gasteiger partial charge in [-0.3, -0.25) is 4.79 Å². The number of phenols is 2. The summed E-state index contributed by atoms with van der Waals surface area (Å²) in [7, 11) is 0. The van der Waals surface area contributed by atoms with Crippen LogP contribution in [0.25, 0.3) is 6.08 Å². The summed E-state index contributed by atoms with van der Waals surface area (Å²) in [5.74, 6) is -4.66. The van der Waals surface area contributed by atoms with Gasteiger partial charge in [0.05, 0.1) is 6.61 Å². The Balaban J connectivity index is 3.12. The smallest absolute Gasteiger partial charge is 0.346 e. The Labute approximate surface area is 141 Å². The van der Waals surface area contributed by atoms with Gasteiger partial charge in [-0.1, -0.05) is 12.1 Å². The quantitative estimate of drug-likeness (QED) is 0.140. The molecule has 0 aliphatic heterocycles. The van der Waals surface area contributed by atoms with Crippen molar-refractivity contribution in [2.24, 2.45) is 0 Å². The lowest BCUT2D eigenvalue weighted by atomic mass is 9.86. The zero-order valence-electron chi connectivity index (χ0n) is 12.7. The molecule has 10 heteroatoms. The number of aliphatic carboxylic acids is 1. The van der Waals surface area contributed by atoms with E-state index in [2.05, 4.69) is 0 Å². The van der Waals surface area contributed by atoms with E-state index in [4.69, 9.17) is 15.3 Å². The standard InChI is InChI=1S/C15H18O10/c16-6-10(19)12(21)13(22)15(25,14(23)24)11(20)4-2-7-1-3-8(17)9(18)5-7/h1-5,10,12-13,16-19,21-22,25H,6H2,(H,23,24)/t10-,12-,13+,15-/m1/s1. The van der Waals surface area contributed by atoms with Crippen LogP contribution in [-0.4, -0.2) is 83.1 Å². The third-order valence-electron chi connectivity index (χ3n) is 3.46. The molecule has 1 aromatic carbocycles. The van der Waals surface area contributed by atoms with Crippen LogP contribution in [0.15, 0.2) is 24.3 Å². The molecule has 0 bridgehead atoms. The lowest BCUT2D eigenvalue weighted by Gasteiger charge is -2.31. The number of carboxylic acid groups (broad SMARTS) is 1. The Morgan fingerprint density at radius 1 is 1.12 bits per heavy atom. The minimum absolute atomic E-state index is 0.154. The number of benzene rings is 1. The number of carbonyl (C=O) groups excluding carboxylic acids is 1. The summed E-state index contributed by atoms with van der Waals surface area (Å²) in [6.07, 6.45) is -5.40. The van der Waals surface area contributed by atoms with Crippen molar-refractivity contribution < 1.29 is 50.4 Å². The van der Waals surface area contributed by atoms with Crippen molar-refractivity contribution in [1.29, 1.82) is 0 Å². The fourth-order valence-electron chi connectivity index (χ4n) is 1.89. The SMILES string of the molecule is O=C(O)[C@@](O)(C(=O)C=Cc1ccc(O)c(O)c1)[C@@H](O)[C@H](O)[C@H](O)CO. The Morgan fingerprint density at radius 3 is 2.20 bits per heavy atom. The zero-order valence-corrected chi connectivity index (χ0v) is 12.7. The maximum absolute atomic E-state index is 12.0. The summed E-state index contributed by atoms with van der Waals surface area (Å²) in [6.45, 7) is -1.05. The molecule has 138 valence electrons. The summed E-state index contributed by atoms with van der Waals surface area (Å²) in [5, 5.41) is 74.9. The number of aliphatic hydroxyl groups excluding tert-OH is 4. The molecule has 25 heavy (non-hydrogen) atoms. The highest BCUT2D eigenvalue weighted by Gasteiger charge is 2.53. The van der Waals surface area contributed by atoms with E-state index in [1.54, 1.807) is 0 Å². The van der Waals surface area contributed by atoms with Gasteiger partial charge in [0.25, 0.3) is 5.60 Å². The molecule has 0 saturated heterocycles. The van der Waals surface area contributed by atoms with E-state index in [1.165, 1.54) is 6.07 Å². The molecule has 1 aromatic rings. The number of hydrogen-bond acceptors (Lipinski definition) is 9. The number of ketones is 1. The molecule has 10 nitrogen and oxygen atoms in total. The molecular formula is C15H18O10.